The monoisotopic (exact) mass is 247 g/mol. The predicted octanol–water partition coefficient (Wildman–Crippen LogP) is 3.50. The lowest BCUT2D eigenvalue weighted by Gasteiger charge is -1.99. The van der Waals surface area contributed by atoms with E-state index in [1.54, 1.807) is 0 Å². The van der Waals surface area contributed by atoms with E-state index in [2.05, 4.69) is 4.98 Å². The SMILES string of the molecule is Fc1ccc(-c2nc(CCl)co2)c(F)c1F. The van der Waals surface area contributed by atoms with Crippen molar-refractivity contribution in [2.75, 3.05) is 0 Å². The first kappa shape index (κ1) is 11.0. The van der Waals surface area contributed by atoms with Crippen LogP contribution in [0.25, 0.3) is 11.5 Å². The van der Waals surface area contributed by atoms with Gasteiger partial charge in [-0.15, -0.1) is 11.6 Å². The second-order valence-electron chi connectivity index (χ2n) is 3.00. The van der Waals surface area contributed by atoms with E-state index in [-0.39, 0.29) is 17.3 Å². The van der Waals surface area contributed by atoms with Gasteiger partial charge >= 0.3 is 0 Å². The third-order valence-electron chi connectivity index (χ3n) is 1.95. The lowest BCUT2D eigenvalue weighted by atomic mass is 10.2. The van der Waals surface area contributed by atoms with E-state index < -0.39 is 17.5 Å². The van der Waals surface area contributed by atoms with Crippen molar-refractivity contribution in [2.24, 2.45) is 0 Å². The van der Waals surface area contributed by atoms with Crippen molar-refractivity contribution in [2.45, 2.75) is 5.88 Å². The molecule has 2 rings (SSSR count). The average Bonchev–Trinajstić information content (AvgIpc) is 2.74. The maximum Gasteiger partial charge on any atom is 0.229 e. The molecule has 0 amide bonds. The van der Waals surface area contributed by atoms with E-state index >= 15 is 0 Å². The highest BCUT2D eigenvalue weighted by atomic mass is 35.5. The summed E-state index contributed by atoms with van der Waals surface area (Å²) in [7, 11) is 0. The van der Waals surface area contributed by atoms with Gasteiger partial charge in [-0.1, -0.05) is 0 Å². The number of oxazole rings is 1. The first-order valence-corrected chi connectivity index (χ1v) is 4.81. The summed E-state index contributed by atoms with van der Waals surface area (Å²) in [6.07, 6.45) is 1.23. The van der Waals surface area contributed by atoms with Crippen molar-refractivity contribution in [1.29, 1.82) is 0 Å². The zero-order valence-electron chi connectivity index (χ0n) is 7.81. The number of hydrogen-bond donors (Lipinski definition) is 0. The molecule has 16 heavy (non-hydrogen) atoms. The predicted molar refractivity (Wildman–Crippen MR) is 51.4 cm³/mol. The Morgan fingerprint density at radius 2 is 1.94 bits per heavy atom. The maximum absolute atomic E-state index is 13.3. The largest absolute Gasteiger partial charge is 0.444 e. The molecule has 0 fully saturated rings. The van der Waals surface area contributed by atoms with Gasteiger partial charge in [0, 0.05) is 0 Å². The van der Waals surface area contributed by atoms with Gasteiger partial charge in [0.1, 0.15) is 6.26 Å². The maximum atomic E-state index is 13.3. The van der Waals surface area contributed by atoms with Gasteiger partial charge in [0.05, 0.1) is 17.1 Å². The molecule has 1 heterocycles. The summed E-state index contributed by atoms with van der Waals surface area (Å²) >= 11 is 5.47. The van der Waals surface area contributed by atoms with Crippen LogP contribution >= 0.6 is 11.6 Å². The van der Waals surface area contributed by atoms with E-state index in [0.29, 0.717) is 5.69 Å². The average molecular weight is 248 g/mol. The van der Waals surface area contributed by atoms with Crippen molar-refractivity contribution in [3.05, 3.63) is 41.5 Å². The van der Waals surface area contributed by atoms with Gasteiger partial charge in [0.15, 0.2) is 17.5 Å². The summed E-state index contributed by atoms with van der Waals surface area (Å²) in [4.78, 5) is 3.80. The minimum atomic E-state index is -1.55. The fourth-order valence-corrected chi connectivity index (χ4v) is 1.31. The Hall–Kier alpha value is -1.49. The molecule has 0 radical (unpaired) electrons. The topological polar surface area (TPSA) is 26.0 Å². The van der Waals surface area contributed by atoms with Crippen molar-refractivity contribution in [1.82, 2.24) is 4.98 Å². The summed E-state index contributed by atoms with van der Waals surface area (Å²) in [5.41, 5.74) is 0.149. The summed E-state index contributed by atoms with van der Waals surface area (Å²) in [5.74, 6) is -4.18. The Morgan fingerprint density at radius 1 is 1.19 bits per heavy atom. The molecule has 0 atom stereocenters. The number of halogens is 4. The Kier molecular flexibility index (Phi) is 2.87. The molecular formula is C10H5ClF3NO. The molecule has 84 valence electrons. The number of benzene rings is 1. The van der Waals surface area contributed by atoms with Gasteiger partial charge in [-0.05, 0) is 12.1 Å². The Balaban J connectivity index is 2.52. The van der Waals surface area contributed by atoms with Crippen molar-refractivity contribution in [3.63, 3.8) is 0 Å². The lowest BCUT2D eigenvalue weighted by molar-refractivity contribution is 0.446. The smallest absolute Gasteiger partial charge is 0.229 e. The molecule has 0 saturated carbocycles. The highest BCUT2D eigenvalue weighted by molar-refractivity contribution is 6.16. The van der Waals surface area contributed by atoms with Crippen LogP contribution in [-0.2, 0) is 5.88 Å². The van der Waals surface area contributed by atoms with Crippen molar-refractivity contribution >= 4 is 11.6 Å². The number of aromatic nitrogens is 1. The van der Waals surface area contributed by atoms with Crippen LogP contribution in [0, 0.1) is 17.5 Å². The summed E-state index contributed by atoms with van der Waals surface area (Å²) < 4.78 is 43.8. The van der Waals surface area contributed by atoms with E-state index in [0.717, 1.165) is 12.1 Å². The van der Waals surface area contributed by atoms with Gasteiger partial charge in [0.25, 0.3) is 0 Å². The zero-order valence-corrected chi connectivity index (χ0v) is 8.56. The van der Waals surface area contributed by atoms with E-state index in [1.165, 1.54) is 6.26 Å². The van der Waals surface area contributed by atoms with Gasteiger partial charge in [-0.2, -0.15) is 0 Å². The van der Waals surface area contributed by atoms with Gasteiger partial charge < -0.3 is 4.42 Å². The highest BCUT2D eigenvalue weighted by Gasteiger charge is 2.18. The number of rotatable bonds is 2. The van der Waals surface area contributed by atoms with Gasteiger partial charge in [-0.3, -0.25) is 0 Å². The van der Waals surface area contributed by atoms with Crippen LogP contribution in [0.5, 0.6) is 0 Å². The molecule has 2 nitrogen and oxygen atoms in total. The second kappa shape index (κ2) is 4.17. The van der Waals surface area contributed by atoms with Gasteiger partial charge in [-0.25, -0.2) is 18.2 Å². The normalized spacial score (nSPS) is 10.8. The van der Waals surface area contributed by atoms with Crippen LogP contribution < -0.4 is 0 Å². The zero-order chi connectivity index (χ0) is 11.7. The molecule has 2 aromatic rings. The first-order chi connectivity index (χ1) is 7.63. The summed E-state index contributed by atoms with van der Waals surface area (Å²) in [6, 6.07) is 1.86. The second-order valence-corrected chi connectivity index (χ2v) is 3.27. The molecule has 0 N–H and O–H groups in total. The molecule has 1 aromatic heterocycles. The van der Waals surface area contributed by atoms with E-state index in [4.69, 9.17) is 16.0 Å². The fourth-order valence-electron chi connectivity index (χ4n) is 1.18. The van der Waals surface area contributed by atoms with Gasteiger partial charge in [0.2, 0.25) is 5.89 Å². The molecule has 0 aliphatic rings. The molecular weight excluding hydrogens is 243 g/mol. The Morgan fingerprint density at radius 3 is 2.56 bits per heavy atom. The van der Waals surface area contributed by atoms with Crippen LogP contribution in [0.2, 0.25) is 0 Å². The third-order valence-corrected chi connectivity index (χ3v) is 2.23. The first-order valence-electron chi connectivity index (χ1n) is 4.27. The number of alkyl halides is 1. The molecule has 0 saturated heterocycles. The van der Waals surface area contributed by atoms with Crippen LogP contribution in [0.15, 0.2) is 22.8 Å². The minimum Gasteiger partial charge on any atom is -0.444 e. The molecule has 0 bridgehead atoms. The van der Waals surface area contributed by atoms with E-state index in [1.807, 2.05) is 0 Å². The number of hydrogen-bond acceptors (Lipinski definition) is 2. The molecule has 0 aliphatic heterocycles. The quantitative estimate of drug-likeness (QED) is 0.600. The Labute approximate surface area is 93.7 Å². The minimum absolute atomic E-state index is 0.0921. The molecule has 0 spiro atoms. The highest BCUT2D eigenvalue weighted by Crippen LogP contribution is 2.25. The van der Waals surface area contributed by atoms with Crippen LogP contribution in [0.4, 0.5) is 13.2 Å². The molecule has 1 aromatic carbocycles. The van der Waals surface area contributed by atoms with Crippen LogP contribution in [0.1, 0.15) is 5.69 Å². The standard InChI is InChI=1S/C10H5ClF3NO/c11-3-5-4-16-10(15-5)6-1-2-7(12)9(14)8(6)13/h1-2,4H,3H2. The van der Waals surface area contributed by atoms with Crippen molar-refractivity contribution in [3.8, 4) is 11.5 Å². The molecule has 0 unspecified atom stereocenters. The Bertz CT molecular complexity index is 527. The van der Waals surface area contributed by atoms with Crippen LogP contribution in [-0.4, -0.2) is 4.98 Å². The molecule has 0 aliphatic carbocycles. The molecule has 6 heteroatoms. The fraction of sp³-hybridized carbons (Fsp3) is 0.100. The third kappa shape index (κ3) is 1.78. The lowest BCUT2D eigenvalue weighted by Crippen LogP contribution is -1.94. The number of nitrogens with zero attached hydrogens (tertiary/aromatic N) is 1. The summed E-state index contributed by atoms with van der Waals surface area (Å²) in [6.45, 7) is 0. The summed E-state index contributed by atoms with van der Waals surface area (Å²) in [5, 5.41) is 0. The van der Waals surface area contributed by atoms with Crippen molar-refractivity contribution < 1.29 is 17.6 Å². The van der Waals surface area contributed by atoms with E-state index in [9.17, 15) is 13.2 Å². The van der Waals surface area contributed by atoms with Crippen LogP contribution in [0.3, 0.4) is 0 Å².